The van der Waals surface area contributed by atoms with Gasteiger partial charge in [-0.3, -0.25) is 9.25 Å². The Labute approximate surface area is 204 Å². The summed E-state index contributed by atoms with van der Waals surface area (Å²) in [6.07, 6.45) is 6.00. The number of aliphatic hydroxyl groups is 1. The van der Waals surface area contributed by atoms with Crippen molar-refractivity contribution in [3.05, 3.63) is 46.7 Å². The van der Waals surface area contributed by atoms with E-state index in [0.29, 0.717) is 51.8 Å². The van der Waals surface area contributed by atoms with E-state index in [1.54, 1.807) is 29.3 Å². The molecule has 0 radical (unpaired) electrons. The summed E-state index contributed by atoms with van der Waals surface area (Å²) in [5.74, 6) is 1.59. The number of fused-ring (bicyclic) bond motifs is 2. The standard InChI is InChI=1S/C21H22Cl2N10O/c1-3-11(9-34)27-21-30-19(18-20(31-21)33(10-25-18)12-6-26-32(2)8-12)24-7-17-28-15-4-13(22)14(23)5-16(15)29-17/h4-6,8,10-11,34H,3,7,9H2,1-2H3,(H,28,29)(H2,24,27,30,31)/t11-/m1/s1. The van der Waals surface area contributed by atoms with E-state index in [4.69, 9.17) is 23.2 Å². The average Bonchev–Trinajstić information content (AvgIpc) is 3.54. The highest BCUT2D eigenvalue weighted by Crippen LogP contribution is 2.27. The van der Waals surface area contributed by atoms with Crippen LogP contribution in [-0.4, -0.2) is 57.0 Å². The number of benzene rings is 1. The Morgan fingerprint density at radius 2 is 2.00 bits per heavy atom. The normalized spacial score (nSPS) is 12.5. The molecule has 0 amide bonds. The zero-order chi connectivity index (χ0) is 23.8. The summed E-state index contributed by atoms with van der Waals surface area (Å²) >= 11 is 12.2. The molecule has 34 heavy (non-hydrogen) atoms. The van der Waals surface area contributed by atoms with Gasteiger partial charge in [0.1, 0.15) is 12.2 Å². The number of hydrogen-bond donors (Lipinski definition) is 4. The molecule has 5 aromatic rings. The number of rotatable bonds is 8. The fraction of sp³-hybridized carbons (Fsp3) is 0.286. The Balaban J connectivity index is 1.51. The molecule has 4 heterocycles. The molecule has 0 saturated carbocycles. The van der Waals surface area contributed by atoms with Crippen LogP contribution < -0.4 is 10.6 Å². The summed E-state index contributed by atoms with van der Waals surface area (Å²) in [7, 11) is 1.85. The van der Waals surface area contributed by atoms with Crippen LogP contribution in [0.3, 0.4) is 0 Å². The molecule has 1 atom stereocenters. The maximum absolute atomic E-state index is 9.63. The maximum Gasteiger partial charge on any atom is 0.227 e. The second-order valence-corrected chi connectivity index (χ2v) is 8.62. The van der Waals surface area contributed by atoms with Gasteiger partial charge in [-0.15, -0.1) is 0 Å². The van der Waals surface area contributed by atoms with Crippen molar-refractivity contribution in [2.75, 3.05) is 17.2 Å². The number of anilines is 2. The summed E-state index contributed by atoms with van der Waals surface area (Å²) in [6, 6.07) is 3.29. The second kappa shape index (κ2) is 9.09. The van der Waals surface area contributed by atoms with Crippen LogP contribution in [0.4, 0.5) is 11.8 Å². The predicted octanol–water partition coefficient (Wildman–Crippen LogP) is 3.53. The summed E-state index contributed by atoms with van der Waals surface area (Å²) in [5.41, 5.74) is 3.52. The van der Waals surface area contributed by atoms with Crippen LogP contribution in [0.1, 0.15) is 19.2 Å². The van der Waals surface area contributed by atoms with E-state index in [9.17, 15) is 5.11 Å². The number of aromatic nitrogens is 8. The lowest BCUT2D eigenvalue weighted by Crippen LogP contribution is -2.24. The van der Waals surface area contributed by atoms with Crippen LogP contribution in [0.25, 0.3) is 27.9 Å². The molecule has 0 fully saturated rings. The third-order valence-electron chi connectivity index (χ3n) is 5.41. The van der Waals surface area contributed by atoms with Crippen molar-refractivity contribution < 1.29 is 5.11 Å². The Hall–Kier alpha value is -3.41. The summed E-state index contributed by atoms with van der Waals surface area (Å²) in [6.45, 7) is 2.30. The zero-order valence-electron chi connectivity index (χ0n) is 18.4. The lowest BCUT2D eigenvalue weighted by atomic mass is 10.2. The number of aliphatic hydroxyl groups excluding tert-OH is 1. The van der Waals surface area contributed by atoms with Gasteiger partial charge in [-0.1, -0.05) is 30.1 Å². The van der Waals surface area contributed by atoms with E-state index in [2.05, 4.69) is 40.7 Å². The quantitative estimate of drug-likeness (QED) is 0.254. The van der Waals surface area contributed by atoms with Gasteiger partial charge in [-0.2, -0.15) is 15.1 Å². The van der Waals surface area contributed by atoms with Crippen molar-refractivity contribution in [1.82, 2.24) is 39.3 Å². The van der Waals surface area contributed by atoms with Gasteiger partial charge < -0.3 is 20.7 Å². The third kappa shape index (κ3) is 4.25. The van der Waals surface area contributed by atoms with Gasteiger partial charge in [0.05, 0.1) is 52.2 Å². The topological polar surface area (TPSA) is 134 Å². The monoisotopic (exact) mass is 500 g/mol. The van der Waals surface area contributed by atoms with E-state index in [1.807, 2.05) is 24.7 Å². The molecule has 4 aromatic heterocycles. The van der Waals surface area contributed by atoms with Crippen molar-refractivity contribution in [3.63, 3.8) is 0 Å². The highest BCUT2D eigenvalue weighted by atomic mass is 35.5. The van der Waals surface area contributed by atoms with Gasteiger partial charge in [-0.05, 0) is 18.6 Å². The van der Waals surface area contributed by atoms with Gasteiger partial charge in [0.15, 0.2) is 17.0 Å². The minimum absolute atomic E-state index is 0.0351. The van der Waals surface area contributed by atoms with Gasteiger partial charge >= 0.3 is 0 Å². The van der Waals surface area contributed by atoms with Gasteiger partial charge in [0.2, 0.25) is 5.95 Å². The highest BCUT2D eigenvalue weighted by molar-refractivity contribution is 6.42. The molecule has 176 valence electrons. The largest absolute Gasteiger partial charge is 0.394 e. The van der Waals surface area contributed by atoms with Gasteiger partial charge in [0.25, 0.3) is 0 Å². The molecule has 5 rings (SSSR count). The number of halogens is 2. The number of imidazole rings is 2. The van der Waals surface area contributed by atoms with Gasteiger partial charge in [-0.25, -0.2) is 9.97 Å². The molecular formula is C21H22Cl2N10O. The Morgan fingerprint density at radius 1 is 1.18 bits per heavy atom. The van der Waals surface area contributed by atoms with Crippen molar-refractivity contribution in [2.45, 2.75) is 25.9 Å². The molecule has 0 unspecified atom stereocenters. The second-order valence-electron chi connectivity index (χ2n) is 7.81. The van der Waals surface area contributed by atoms with E-state index in [1.165, 1.54) is 0 Å². The molecule has 4 N–H and O–H groups in total. The van der Waals surface area contributed by atoms with E-state index >= 15 is 0 Å². The first-order chi connectivity index (χ1) is 16.4. The molecule has 0 aliphatic heterocycles. The van der Waals surface area contributed by atoms with Gasteiger partial charge in [0, 0.05) is 13.2 Å². The van der Waals surface area contributed by atoms with E-state index in [-0.39, 0.29) is 12.6 Å². The number of hydrogen-bond acceptors (Lipinski definition) is 8. The van der Waals surface area contributed by atoms with E-state index in [0.717, 1.165) is 16.7 Å². The predicted molar refractivity (Wildman–Crippen MR) is 132 cm³/mol. The van der Waals surface area contributed by atoms with Crippen molar-refractivity contribution >= 4 is 57.2 Å². The lowest BCUT2D eigenvalue weighted by Gasteiger charge is -2.15. The molecule has 0 bridgehead atoms. The molecule has 13 heteroatoms. The number of aromatic amines is 1. The summed E-state index contributed by atoms with van der Waals surface area (Å²) in [5, 5.41) is 21.3. The highest BCUT2D eigenvalue weighted by Gasteiger charge is 2.17. The van der Waals surface area contributed by atoms with Crippen LogP contribution in [0.5, 0.6) is 0 Å². The average molecular weight is 501 g/mol. The Bertz CT molecular complexity index is 1430. The van der Waals surface area contributed by atoms with Crippen molar-refractivity contribution in [3.8, 4) is 5.69 Å². The van der Waals surface area contributed by atoms with Crippen LogP contribution in [-0.2, 0) is 13.6 Å². The third-order valence-corrected chi connectivity index (χ3v) is 6.13. The summed E-state index contributed by atoms with van der Waals surface area (Å²) in [4.78, 5) is 21.6. The lowest BCUT2D eigenvalue weighted by molar-refractivity contribution is 0.271. The first-order valence-corrected chi connectivity index (χ1v) is 11.4. The zero-order valence-corrected chi connectivity index (χ0v) is 19.9. The maximum atomic E-state index is 9.63. The van der Waals surface area contributed by atoms with E-state index < -0.39 is 0 Å². The molecule has 0 saturated heterocycles. The fourth-order valence-electron chi connectivity index (χ4n) is 3.58. The first kappa shape index (κ1) is 22.4. The van der Waals surface area contributed by atoms with Crippen molar-refractivity contribution in [1.29, 1.82) is 0 Å². The van der Waals surface area contributed by atoms with Crippen LogP contribution >= 0.6 is 23.2 Å². The van der Waals surface area contributed by atoms with Crippen LogP contribution in [0.15, 0.2) is 30.9 Å². The fourth-order valence-corrected chi connectivity index (χ4v) is 3.90. The molecular weight excluding hydrogens is 479 g/mol. The molecule has 11 nitrogen and oxygen atoms in total. The Morgan fingerprint density at radius 3 is 2.74 bits per heavy atom. The molecule has 0 aliphatic rings. The summed E-state index contributed by atoms with van der Waals surface area (Å²) < 4.78 is 3.55. The van der Waals surface area contributed by atoms with Crippen molar-refractivity contribution in [2.24, 2.45) is 7.05 Å². The number of nitrogens with one attached hydrogen (secondary N) is 3. The number of nitrogens with zero attached hydrogens (tertiary/aromatic N) is 7. The SMILES string of the molecule is CC[C@H](CO)Nc1nc(NCc2nc3cc(Cl)c(Cl)cc3[nH]2)c2ncn(-c3cnn(C)c3)c2n1. The molecule has 0 aliphatic carbocycles. The minimum Gasteiger partial charge on any atom is -0.394 e. The van der Waals surface area contributed by atoms with Crippen LogP contribution in [0.2, 0.25) is 10.0 Å². The molecule has 0 spiro atoms. The van der Waals surface area contributed by atoms with Crippen LogP contribution in [0, 0.1) is 0 Å². The number of aryl methyl sites for hydroxylation is 1. The Kier molecular flexibility index (Phi) is 5.98. The minimum atomic E-state index is -0.176. The molecule has 1 aromatic carbocycles. The smallest absolute Gasteiger partial charge is 0.227 e. The number of H-pyrrole nitrogens is 1. The first-order valence-electron chi connectivity index (χ1n) is 10.6.